The fourth-order valence-electron chi connectivity index (χ4n) is 3.05. The van der Waals surface area contributed by atoms with Gasteiger partial charge in [0.1, 0.15) is 0 Å². The number of H-pyrrole nitrogens is 2. The molecule has 0 saturated carbocycles. The maximum absolute atomic E-state index is 10.4. The van der Waals surface area contributed by atoms with Crippen LogP contribution in [0.2, 0.25) is 0 Å². The predicted octanol–water partition coefficient (Wildman–Crippen LogP) is 3.72. The van der Waals surface area contributed by atoms with E-state index in [-0.39, 0.29) is 11.5 Å². The van der Waals surface area contributed by atoms with Crippen LogP contribution in [0.1, 0.15) is 5.69 Å². The first-order chi connectivity index (χ1) is 13.5. The Morgan fingerprint density at radius 3 is 2.61 bits per heavy atom. The van der Waals surface area contributed by atoms with Gasteiger partial charge in [-0.3, -0.25) is 20.3 Å². The van der Waals surface area contributed by atoms with Gasteiger partial charge < -0.3 is 10.3 Å². The van der Waals surface area contributed by atoms with Gasteiger partial charge in [-0.2, -0.15) is 10.2 Å². The van der Waals surface area contributed by atoms with E-state index in [9.17, 15) is 10.1 Å². The van der Waals surface area contributed by atoms with Crippen molar-refractivity contribution in [3.8, 4) is 5.69 Å². The van der Waals surface area contributed by atoms with Crippen LogP contribution in [0, 0.1) is 17.0 Å². The average molecular weight is 375 g/mol. The summed E-state index contributed by atoms with van der Waals surface area (Å²) in [5.74, 6) is 0.277. The molecule has 2 aromatic carbocycles. The number of nitro benzene ring substituents is 1. The van der Waals surface area contributed by atoms with Crippen molar-refractivity contribution in [1.29, 1.82) is 0 Å². The van der Waals surface area contributed by atoms with Gasteiger partial charge >= 0.3 is 0 Å². The highest BCUT2D eigenvalue weighted by molar-refractivity contribution is 5.90. The van der Waals surface area contributed by atoms with Gasteiger partial charge in [-0.15, -0.1) is 0 Å². The zero-order valence-electron chi connectivity index (χ0n) is 15.0. The van der Waals surface area contributed by atoms with E-state index in [1.165, 1.54) is 23.2 Å². The van der Waals surface area contributed by atoms with E-state index in [4.69, 9.17) is 5.73 Å². The second kappa shape index (κ2) is 6.88. The van der Waals surface area contributed by atoms with Crippen molar-refractivity contribution in [2.24, 2.45) is 0 Å². The smallest absolute Gasteiger partial charge is 0.270 e. The van der Waals surface area contributed by atoms with E-state index in [2.05, 4.69) is 31.0 Å². The Labute approximate surface area is 158 Å². The third-order valence-corrected chi connectivity index (χ3v) is 4.41. The number of aromatic nitrogens is 5. The largest absolute Gasteiger partial charge is 0.382 e. The molecule has 0 fully saturated rings. The number of hydrogen-bond donors (Lipinski definition) is 3. The number of nitrogens with zero attached hydrogens (tertiary/aromatic N) is 4. The molecule has 0 unspecified atom stereocenters. The van der Waals surface area contributed by atoms with Gasteiger partial charge in [0, 0.05) is 35.6 Å². The van der Waals surface area contributed by atoms with Crippen LogP contribution >= 0.6 is 0 Å². The van der Waals surface area contributed by atoms with Crippen LogP contribution in [-0.2, 0) is 0 Å². The van der Waals surface area contributed by atoms with E-state index in [1.807, 2.05) is 43.6 Å². The first-order valence-electron chi connectivity index (χ1n) is 8.49. The Bertz CT molecular complexity index is 1270. The summed E-state index contributed by atoms with van der Waals surface area (Å²) in [5.41, 5.74) is 9.48. The van der Waals surface area contributed by atoms with Crippen LogP contribution in [0.4, 0.5) is 11.5 Å². The highest BCUT2D eigenvalue weighted by Crippen LogP contribution is 2.24. The van der Waals surface area contributed by atoms with Crippen molar-refractivity contribution >= 4 is 33.3 Å². The summed E-state index contributed by atoms with van der Waals surface area (Å²) in [7, 11) is 0. The Morgan fingerprint density at radius 1 is 1.07 bits per heavy atom. The summed E-state index contributed by atoms with van der Waals surface area (Å²) in [5, 5.41) is 25.8. The van der Waals surface area contributed by atoms with Crippen LogP contribution in [-0.4, -0.2) is 29.9 Å². The summed E-state index contributed by atoms with van der Waals surface area (Å²) in [6.07, 6.45) is 4.09. The fourth-order valence-corrected chi connectivity index (χ4v) is 3.05. The van der Waals surface area contributed by atoms with Gasteiger partial charge in [-0.05, 0) is 37.3 Å². The number of nitrogen functional groups attached to an aromatic ring is 1. The van der Waals surface area contributed by atoms with Crippen molar-refractivity contribution in [2.45, 2.75) is 6.92 Å². The van der Waals surface area contributed by atoms with Gasteiger partial charge in [0.25, 0.3) is 5.69 Å². The summed E-state index contributed by atoms with van der Waals surface area (Å²) in [6.45, 7) is 2.04. The number of aryl methyl sites for hydroxylation is 1. The Morgan fingerprint density at radius 2 is 1.86 bits per heavy atom. The predicted molar refractivity (Wildman–Crippen MR) is 107 cm³/mol. The molecule has 9 nitrogen and oxygen atoms in total. The maximum Gasteiger partial charge on any atom is 0.270 e. The molecule has 5 aromatic rings. The van der Waals surface area contributed by atoms with Gasteiger partial charge in [-0.25, -0.2) is 0 Å². The van der Waals surface area contributed by atoms with E-state index >= 15 is 0 Å². The molecule has 9 heteroatoms. The first kappa shape index (κ1) is 17.3. The van der Waals surface area contributed by atoms with Gasteiger partial charge in [-0.1, -0.05) is 6.07 Å². The lowest BCUT2D eigenvalue weighted by molar-refractivity contribution is -0.384. The third kappa shape index (κ3) is 3.05. The SMILES string of the molecule is Cc1[nH]nc2cccc(-n3cccc3)c12.Nc1n[nH]c2ccc([N+](=O)[O-])cc12. The van der Waals surface area contributed by atoms with Gasteiger partial charge in [0.15, 0.2) is 5.82 Å². The monoisotopic (exact) mass is 375 g/mol. The van der Waals surface area contributed by atoms with Gasteiger partial charge in [0.05, 0.1) is 27.0 Å². The standard InChI is InChI=1S/C12H11N3.C7H6N4O2/c1-9-12-10(14-13-9)5-4-6-11(12)15-7-2-3-8-15;8-7-5-3-4(11(12)13)1-2-6(5)9-10-7/h2-8H,1H3,(H,13,14);1-3H,(H3,8,9,10). The van der Waals surface area contributed by atoms with Crippen molar-refractivity contribution in [2.75, 3.05) is 5.73 Å². The van der Waals surface area contributed by atoms with Crippen molar-refractivity contribution < 1.29 is 4.92 Å². The number of fused-ring (bicyclic) bond motifs is 2. The molecule has 0 aliphatic heterocycles. The molecule has 0 atom stereocenters. The highest BCUT2D eigenvalue weighted by Gasteiger charge is 2.09. The van der Waals surface area contributed by atoms with E-state index < -0.39 is 4.92 Å². The number of anilines is 1. The summed E-state index contributed by atoms with van der Waals surface area (Å²) < 4.78 is 2.10. The van der Waals surface area contributed by atoms with Crippen LogP contribution in [0.25, 0.3) is 27.5 Å². The van der Waals surface area contributed by atoms with E-state index in [0.29, 0.717) is 10.9 Å². The number of hydrogen-bond acceptors (Lipinski definition) is 5. The molecule has 28 heavy (non-hydrogen) atoms. The van der Waals surface area contributed by atoms with Crippen LogP contribution in [0.15, 0.2) is 60.9 Å². The minimum absolute atomic E-state index is 0.0144. The molecule has 0 radical (unpaired) electrons. The highest BCUT2D eigenvalue weighted by atomic mass is 16.6. The Hall–Kier alpha value is -4.14. The minimum Gasteiger partial charge on any atom is -0.382 e. The number of rotatable bonds is 2. The molecule has 0 aliphatic rings. The Kier molecular flexibility index (Phi) is 4.24. The lowest BCUT2D eigenvalue weighted by Gasteiger charge is -2.04. The maximum atomic E-state index is 10.4. The topological polar surface area (TPSA) is 131 Å². The molecular weight excluding hydrogens is 358 g/mol. The zero-order valence-corrected chi connectivity index (χ0v) is 15.0. The molecule has 140 valence electrons. The number of benzene rings is 2. The van der Waals surface area contributed by atoms with E-state index in [1.54, 1.807) is 6.07 Å². The molecule has 5 rings (SSSR count). The summed E-state index contributed by atoms with van der Waals surface area (Å²) in [4.78, 5) is 9.95. The Balaban J connectivity index is 0.000000139. The number of nitro groups is 1. The fraction of sp³-hybridized carbons (Fsp3) is 0.0526. The molecule has 0 saturated heterocycles. The van der Waals surface area contributed by atoms with E-state index in [0.717, 1.165) is 11.2 Å². The van der Waals surface area contributed by atoms with Crippen molar-refractivity contribution in [3.05, 3.63) is 76.7 Å². The number of non-ortho nitro benzene ring substituents is 1. The third-order valence-electron chi connectivity index (χ3n) is 4.41. The molecule has 0 amide bonds. The van der Waals surface area contributed by atoms with Gasteiger partial charge in [0.2, 0.25) is 0 Å². The molecule has 4 N–H and O–H groups in total. The number of nitrogens with two attached hydrogens (primary N) is 1. The molecule has 0 bridgehead atoms. The molecule has 3 heterocycles. The molecule has 0 aliphatic carbocycles. The second-order valence-corrected chi connectivity index (χ2v) is 6.21. The number of nitrogens with one attached hydrogen (secondary N) is 2. The van der Waals surface area contributed by atoms with Crippen LogP contribution < -0.4 is 5.73 Å². The minimum atomic E-state index is -0.466. The van der Waals surface area contributed by atoms with Crippen LogP contribution in [0.5, 0.6) is 0 Å². The average Bonchev–Trinajstić information content (AvgIpc) is 3.44. The lowest BCUT2D eigenvalue weighted by atomic mass is 10.2. The quantitative estimate of drug-likeness (QED) is 0.320. The number of aromatic amines is 2. The molecular formula is C19H17N7O2. The molecule has 3 aromatic heterocycles. The first-order valence-corrected chi connectivity index (χ1v) is 8.49. The zero-order chi connectivity index (χ0) is 19.7. The lowest BCUT2D eigenvalue weighted by Crippen LogP contribution is -1.90. The van der Waals surface area contributed by atoms with Crippen LogP contribution in [0.3, 0.4) is 0 Å². The molecule has 0 spiro atoms. The summed E-state index contributed by atoms with van der Waals surface area (Å²) in [6, 6.07) is 14.6. The second-order valence-electron chi connectivity index (χ2n) is 6.21. The summed E-state index contributed by atoms with van der Waals surface area (Å²) >= 11 is 0. The van der Waals surface area contributed by atoms with Crippen molar-refractivity contribution in [3.63, 3.8) is 0 Å². The normalized spacial score (nSPS) is 10.8. The van der Waals surface area contributed by atoms with Crippen molar-refractivity contribution in [1.82, 2.24) is 25.0 Å².